The molecule has 0 heterocycles. The van der Waals surface area contributed by atoms with Crippen LogP contribution in [0.3, 0.4) is 0 Å². The first-order chi connectivity index (χ1) is 11.5. The Morgan fingerprint density at radius 2 is 1.54 bits per heavy atom. The van der Waals surface area contributed by atoms with Gasteiger partial charge in [-0.25, -0.2) is 0 Å². The number of benzene rings is 2. The number of hydrogen-bond donors (Lipinski definition) is 3. The molecule has 6 heteroatoms. The number of para-hydroxylation sites is 1. The molecular formula is C18H19N3O3. The number of hydrogen-bond acceptors (Lipinski definition) is 3. The quantitative estimate of drug-likeness (QED) is 0.754. The standard InChI is InChI=1S/C18H19N3O3/c1-3-16(22)20-21-18(24)14-6-4-5-7-15(14)19-17(23)13-10-8-12(2)9-11-13/h4-11H,3H2,1-2H3,(H,19,23)(H,20,22)(H,21,24). The van der Waals surface area contributed by atoms with E-state index in [1.54, 1.807) is 43.3 Å². The van der Waals surface area contributed by atoms with Gasteiger partial charge in [0.15, 0.2) is 0 Å². The normalized spacial score (nSPS) is 9.92. The summed E-state index contributed by atoms with van der Waals surface area (Å²) in [5.41, 5.74) is 6.79. The van der Waals surface area contributed by atoms with Gasteiger partial charge in [0.05, 0.1) is 11.3 Å². The lowest BCUT2D eigenvalue weighted by molar-refractivity contribution is -0.121. The Morgan fingerprint density at radius 3 is 2.21 bits per heavy atom. The van der Waals surface area contributed by atoms with Gasteiger partial charge < -0.3 is 5.32 Å². The minimum atomic E-state index is -0.503. The molecule has 0 saturated heterocycles. The van der Waals surface area contributed by atoms with Gasteiger partial charge in [-0.1, -0.05) is 36.8 Å². The fourth-order valence-corrected chi connectivity index (χ4v) is 1.97. The fraction of sp³-hybridized carbons (Fsp3) is 0.167. The largest absolute Gasteiger partial charge is 0.321 e. The first-order valence-electron chi connectivity index (χ1n) is 7.57. The average molecular weight is 325 g/mol. The van der Waals surface area contributed by atoms with Crippen LogP contribution in [0.2, 0.25) is 0 Å². The van der Waals surface area contributed by atoms with E-state index in [2.05, 4.69) is 16.2 Å². The summed E-state index contributed by atoms with van der Waals surface area (Å²) in [5.74, 6) is -1.12. The van der Waals surface area contributed by atoms with E-state index in [1.807, 2.05) is 19.1 Å². The number of carbonyl (C=O) groups is 3. The van der Waals surface area contributed by atoms with Crippen molar-refractivity contribution in [2.75, 3.05) is 5.32 Å². The number of amides is 3. The summed E-state index contributed by atoms with van der Waals surface area (Å²) in [6, 6.07) is 13.7. The van der Waals surface area contributed by atoms with Crippen LogP contribution in [0.25, 0.3) is 0 Å². The van der Waals surface area contributed by atoms with E-state index in [0.29, 0.717) is 11.3 Å². The van der Waals surface area contributed by atoms with Crippen LogP contribution in [0.4, 0.5) is 5.69 Å². The molecule has 3 N–H and O–H groups in total. The lowest BCUT2D eigenvalue weighted by atomic mass is 10.1. The van der Waals surface area contributed by atoms with Crippen LogP contribution in [0, 0.1) is 6.92 Å². The highest BCUT2D eigenvalue weighted by atomic mass is 16.2. The van der Waals surface area contributed by atoms with Crippen molar-refractivity contribution in [2.24, 2.45) is 0 Å². The van der Waals surface area contributed by atoms with E-state index in [-0.39, 0.29) is 23.8 Å². The van der Waals surface area contributed by atoms with Gasteiger partial charge in [-0.15, -0.1) is 0 Å². The molecule has 0 aliphatic heterocycles. The highest BCUT2D eigenvalue weighted by Gasteiger charge is 2.14. The van der Waals surface area contributed by atoms with E-state index in [9.17, 15) is 14.4 Å². The molecule has 0 aromatic heterocycles. The third-order valence-corrected chi connectivity index (χ3v) is 3.37. The van der Waals surface area contributed by atoms with Gasteiger partial charge in [-0.3, -0.25) is 25.2 Å². The molecule has 0 fully saturated rings. The van der Waals surface area contributed by atoms with E-state index >= 15 is 0 Å². The lowest BCUT2D eigenvalue weighted by Gasteiger charge is -2.12. The maximum atomic E-state index is 12.3. The average Bonchev–Trinajstić information content (AvgIpc) is 2.60. The molecular weight excluding hydrogens is 306 g/mol. The van der Waals surface area contributed by atoms with Crippen molar-refractivity contribution in [3.8, 4) is 0 Å². The molecule has 6 nitrogen and oxygen atoms in total. The van der Waals surface area contributed by atoms with Crippen molar-refractivity contribution in [1.29, 1.82) is 0 Å². The number of rotatable bonds is 4. The summed E-state index contributed by atoms with van der Waals surface area (Å²) in [6.45, 7) is 3.61. The highest BCUT2D eigenvalue weighted by Crippen LogP contribution is 2.16. The first kappa shape index (κ1) is 17.2. The van der Waals surface area contributed by atoms with Crippen molar-refractivity contribution in [3.05, 3.63) is 65.2 Å². The monoisotopic (exact) mass is 325 g/mol. The summed E-state index contributed by atoms with van der Waals surface area (Å²) in [5, 5.41) is 2.72. The second-order valence-electron chi connectivity index (χ2n) is 5.22. The molecule has 0 spiro atoms. The van der Waals surface area contributed by atoms with Gasteiger partial charge in [-0.2, -0.15) is 0 Å². The molecule has 2 aromatic carbocycles. The van der Waals surface area contributed by atoms with E-state index in [4.69, 9.17) is 0 Å². The Morgan fingerprint density at radius 1 is 0.875 bits per heavy atom. The smallest absolute Gasteiger partial charge is 0.271 e. The van der Waals surface area contributed by atoms with Crippen molar-refractivity contribution in [1.82, 2.24) is 10.9 Å². The highest BCUT2D eigenvalue weighted by molar-refractivity contribution is 6.09. The molecule has 2 aromatic rings. The maximum Gasteiger partial charge on any atom is 0.271 e. The Hall–Kier alpha value is -3.15. The zero-order valence-electron chi connectivity index (χ0n) is 13.6. The third-order valence-electron chi connectivity index (χ3n) is 3.37. The van der Waals surface area contributed by atoms with Gasteiger partial charge >= 0.3 is 0 Å². The van der Waals surface area contributed by atoms with E-state index in [0.717, 1.165) is 5.56 Å². The number of anilines is 1. The molecule has 3 amide bonds. The van der Waals surface area contributed by atoms with E-state index < -0.39 is 5.91 Å². The molecule has 0 aliphatic carbocycles. The Bertz CT molecular complexity index is 754. The summed E-state index contributed by atoms with van der Waals surface area (Å²) < 4.78 is 0. The Labute approximate surface area is 140 Å². The van der Waals surface area contributed by atoms with Gasteiger partial charge in [0.25, 0.3) is 11.8 Å². The van der Waals surface area contributed by atoms with Gasteiger partial charge in [-0.05, 0) is 31.2 Å². The SMILES string of the molecule is CCC(=O)NNC(=O)c1ccccc1NC(=O)c1ccc(C)cc1. The minimum absolute atomic E-state index is 0.256. The summed E-state index contributed by atoms with van der Waals surface area (Å²) in [7, 11) is 0. The van der Waals surface area contributed by atoms with Crippen LogP contribution in [0.5, 0.6) is 0 Å². The van der Waals surface area contributed by atoms with Crippen molar-refractivity contribution in [2.45, 2.75) is 20.3 Å². The maximum absolute atomic E-state index is 12.3. The van der Waals surface area contributed by atoms with Crippen molar-refractivity contribution in [3.63, 3.8) is 0 Å². The number of aryl methyl sites for hydroxylation is 1. The molecule has 0 bridgehead atoms. The molecule has 0 aliphatic rings. The van der Waals surface area contributed by atoms with Gasteiger partial charge in [0.2, 0.25) is 5.91 Å². The van der Waals surface area contributed by atoms with Crippen LogP contribution >= 0.6 is 0 Å². The number of nitrogens with one attached hydrogen (secondary N) is 3. The van der Waals surface area contributed by atoms with E-state index in [1.165, 1.54) is 0 Å². The molecule has 0 unspecified atom stereocenters. The Kier molecular flexibility index (Phi) is 5.68. The van der Waals surface area contributed by atoms with Crippen LogP contribution < -0.4 is 16.2 Å². The molecule has 124 valence electrons. The first-order valence-corrected chi connectivity index (χ1v) is 7.57. The van der Waals surface area contributed by atoms with Crippen LogP contribution in [0.15, 0.2) is 48.5 Å². The third kappa shape index (κ3) is 4.42. The van der Waals surface area contributed by atoms with Crippen LogP contribution in [-0.4, -0.2) is 17.7 Å². The molecule has 0 radical (unpaired) electrons. The van der Waals surface area contributed by atoms with Crippen molar-refractivity contribution < 1.29 is 14.4 Å². The van der Waals surface area contributed by atoms with Crippen molar-refractivity contribution >= 4 is 23.4 Å². The number of carbonyl (C=O) groups excluding carboxylic acids is 3. The minimum Gasteiger partial charge on any atom is -0.321 e. The predicted molar refractivity (Wildman–Crippen MR) is 91.5 cm³/mol. The van der Waals surface area contributed by atoms with Crippen LogP contribution in [-0.2, 0) is 4.79 Å². The summed E-state index contributed by atoms with van der Waals surface area (Å²) in [6.07, 6.45) is 0.256. The molecule has 0 atom stereocenters. The fourth-order valence-electron chi connectivity index (χ4n) is 1.97. The molecule has 24 heavy (non-hydrogen) atoms. The zero-order chi connectivity index (χ0) is 17.5. The predicted octanol–water partition coefficient (Wildman–Crippen LogP) is 2.42. The van der Waals surface area contributed by atoms with Gasteiger partial charge in [0.1, 0.15) is 0 Å². The van der Waals surface area contributed by atoms with Gasteiger partial charge in [0, 0.05) is 12.0 Å². The molecule has 2 rings (SSSR count). The molecule has 0 saturated carbocycles. The Balaban J connectivity index is 2.13. The topological polar surface area (TPSA) is 87.3 Å². The second kappa shape index (κ2) is 7.92. The second-order valence-corrected chi connectivity index (χ2v) is 5.22. The van der Waals surface area contributed by atoms with Crippen LogP contribution in [0.1, 0.15) is 39.6 Å². The summed E-state index contributed by atoms with van der Waals surface area (Å²) >= 11 is 0. The number of hydrazine groups is 1. The summed E-state index contributed by atoms with van der Waals surface area (Å²) in [4.78, 5) is 35.7. The lowest BCUT2D eigenvalue weighted by Crippen LogP contribution is -2.41. The zero-order valence-corrected chi connectivity index (χ0v) is 13.6.